The minimum absolute atomic E-state index is 0.0310. The number of hydrogen-bond donors (Lipinski definition) is 5. The standard InChI is InChI=1S/C24H38ClN5O4.C4H4O4/c1-15(2)27-24(32)30-9-5-16(6-10-30)13-29-8-7-20(22(14-29)34-4)28-23(31)17-11-18(25)19(26)12-21(17)33-3;5-3(6)1-2-4(7)8/h11-12,15-16,20,22H,5-10,13-14,26H2,1-4H3,(H,27,32)(H,28,31);1-2H,(H,5,6)(H,7,8)/b;2-1-. The van der Waals surface area contributed by atoms with Crippen LogP contribution in [0, 0.1) is 5.92 Å². The molecular weight excluding hydrogens is 570 g/mol. The first-order chi connectivity index (χ1) is 19.8. The van der Waals surface area contributed by atoms with E-state index in [4.69, 9.17) is 37.0 Å². The number of methoxy groups -OCH3 is 2. The number of piperidine rings is 2. The summed E-state index contributed by atoms with van der Waals surface area (Å²) in [6, 6.07) is 3.16. The van der Waals surface area contributed by atoms with E-state index in [0.29, 0.717) is 40.1 Å². The number of nitrogen functional groups attached to an aromatic ring is 1. The summed E-state index contributed by atoms with van der Waals surface area (Å²) in [6.07, 6.45) is 3.77. The van der Waals surface area contributed by atoms with Crippen LogP contribution in [0.2, 0.25) is 5.02 Å². The van der Waals surface area contributed by atoms with Gasteiger partial charge in [-0.25, -0.2) is 14.4 Å². The van der Waals surface area contributed by atoms with Gasteiger partial charge in [0.15, 0.2) is 0 Å². The van der Waals surface area contributed by atoms with E-state index < -0.39 is 11.9 Å². The van der Waals surface area contributed by atoms with E-state index in [2.05, 4.69) is 15.5 Å². The first kappa shape index (κ1) is 34.7. The zero-order valence-corrected chi connectivity index (χ0v) is 25.2. The summed E-state index contributed by atoms with van der Waals surface area (Å²) in [5, 5.41) is 22.0. The number of halogens is 1. The Kier molecular flexibility index (Phi) is 13.8. The van der Waals surface area contributed by atoms with Gasteiger partial charge < -0.3 is 45.9 Å². The number of anilines is 1. The molecular formula is C28H42ClN5O8. The Bertz CT molecular complexity index is 1110. The maximum absolute atomic E-state index is 13.0. The van der Waals surface area contributed by atoms with Crippen LogP contribution in [0.3, 0.4) is 0 Å². The Balaban J connectivity index is 0.000000675. The van der Waals surface area contributed by atoms with E-state index in [1.165, 1.54) is 13.2 Å². The Morgan fingerprint density at radius 2 is 1.69 bits per heavy atom. The zero-order valence-electron chi connectivity index (χ0n) is 24.5. The lowest BCUT2D eigenvalue weighted by Gasteiger charge is -2.41. The minimum Gasteiger partial charge on any atom is -0.496 e. The molecule has 2 aliphatic heterocycles. The van der Waals surface area contributed by atoms with E-state index in [1.54, 1.807) is 13.2 Å². The third-order valence-electron chi connectivity index (χ3n) is 7.02. The van der Waals surface area contributed by atoms with Crippen LogP contribution in [0.4, 0.5) is 10.5 Å². The maximum atomic E-state index is 13.0. The number of carboxylic acids is 2. The van der Waals surface area contributed by atoms with Gasteiger partial charge >= 0.3 is 18.0 Å². The average Bonchev–Trinajstić information content (AvgIpc) is 2.94. The van der Waals surface area contributed by atoms with Crippen LogP contribution in [-0.2, 0) is 14.3 Å². The van der Waals surface area contributed by atoms with E-state index in [0.717, 1.165) is 52.0 Å². The molecule has 0 spiro atoms. The van der Waals surface area contributed by atoms with E-state index >= 15 is 0 Å². The molecule has 2 heterocycles. The number of benzene rings is 1. The smallest absolute Gasteiger partial charge is 0.328 e. The Labute approximate surface area is 250 Å². The van der Waals surface area contributed by atoms with Crippen molar-refractivity contribution in [3.63, 3.8) is 0 Å². The SMILES string of the molecule is COc1cc(N)c(Cl)cc1C(=O)NC1CCN(CC2CCN(C(=O)NC(C)C)CC2)CC1OC.O=C(O)/C=C\C(=O)O. The number of urea groups is 1. The monoisotopic (exact) mass is 611 g/mol. The Morgan fingerprint density at radius 1 is 1.07 bits per heavy atom. The summed E-state index contributed by atoms with van der Waals surface area (Å²) >= 11 is 6.13. The van der Waals surface area contributed by atoms with Gasteiger partial charge in [0, 0.05) is 64.1 Å². The van der Waals surface area contributed by atoms with Crippen molar-refractivity contribution in [3.8, 4) is 5.75 Å². The first-order valence-electron chi connectivity index (χ1n) is 13.7. The number of amides is 3. The number of ether oxygens (including phenoxy) is 2. The van der Waals surface area contributed by atoms with Crippen molar-refractivity contribution in [1.29, 1.82) is 0 Å². The van der Waals surface area contributed by atoms with Gasteiger partial charge in [-0.3, -0.25) is 4.79 Å². The molecule has 3 amide bonds. The number of carbonyl (C=O) groups excluding carboxylic acids is 2. The fourth-order valence-corrected chi connectivity index (χ4v) is 5.04. The second kappa shape index (κ2) is 16.8. The van der Waals surface area contributed by atoms with E-state index in [9.17, 15) is 19.2 Å². The molecule has 234 valence electrons. The molecule has 3 rings (SSSR count). The van der Waals surface area contributed by atoms with Crippen molar-refractivity contribution >= 4 is 41.2 Å². The van der Waals surface area contributed by atoms with Gasteiger partial charge in [-0.05, 0) is 45.1 Å². The second-order valence-corrected chi connectivity index (χ2v) is 10.9. The molecule has 2 fully saturated rings. The lowest BCUT2D eigenvalue weighted by atomic mass is 9.94. The summed E-state index contributed by atoms with van der Waals surface area (Å²) in [6.45, 7) is 8.12. The van der Waals surface area contributed by atoms with Crippen LogP contribution < -0.4 is 21.1 Å². The highest BCUT2D eigenvalue weighted by molar-refractivity contribution is 6.33. The molecule has 0 saturated carbocycles. The number of nitrogens with one attached hydrogen (secondary N) is 2. The second-order valence-electron chi connectivity index (χ2n) is 10.5. The minimum atomic E-state index is -1.26. The van der Waals surface area contributed by atoms with Crippen molar-refractivity contribution < 1.29 is 38.9 Å². The molecule has 2 unspecified atom stereocenters. The summed E-state index contributed by atoms with van der Waals surface area (Å²) in [4.78, 5) is 48.6. The van der Waals surface area contributed by atoms with Gasteiger partial charge in [-0.1, -0.05) is 11.6 Å². The molecule has 1 aromatic carbocycles. The van der Waals surface area contributed by atoms with Crippen molar-refractivity contribution in [3.05, 3.63) is 34.9 Å². The van der Waals surface area contributed by atoms with Crippen molar-refractivity contribution in [1.82, 2.24) is 20.4 Å². The molecule has 2 aliphatic rings. The van der Waals surface area contributed by atoms with Crippen LogP contribution in [0.5, 0.6) is 5.75 Å². The number of nitrogens with zero attached hydrogens (tertiary/aromatic N) is 2. The molecule has 13 nitrogen and oxygen atoms in total. The quantitative estimate of drug-likeness (QED) is 0.205. The average molecular weight is 612 g/mol. The molecule has 1 aromatic rings. The molecule has 42 heavy (non-hydrogen) atoms. The molecule has 2 atom stereocenters. The number of carbonyl (C=O) groups is 4. The van der Waals surface area contributed by atoms with E-state index in [-0.39, 0.29) is 30.1 Å². The van der Waals surface area contributed by atoms with Crippen LogP contribution in [0.25, 0.3) is 0 Å². The van der Waals surface area contributed by atoms with Gasteiger partial charge in [0.1, 0.15) is 5.75 Å². The largest absolute Gasteiger partial charge is 0.496 e. The topological polar surface area (TPSA) is 184 Å². The molecule has 14 heteroatoms. The van der Waals surface area contributed by atoms with Crippen LogP contribution in [-0.4, -0.2) is 109 Å². The van der Waals surface area contributed by atoms with Crippen molar-refractivity contribution in [2.24, 2.45) is 5.92 Å². The number of likely N-dealkylation sites (tertiary alicyclic amines) is 2. The number of hydrogen-bond acceptors (Lipinski definition) is 8. The summed E-state index contributed by atoms with van der Waals surface area (Å²) in [7, 11) is 3.18. The summed E-state index contributed by atoms with van der Waals surface area (Å²) < 4.78 is 11.1. The molecule has 0 radical (unpaired) electrons. The molecule has 0 aliphatic carbocycles. The third-order valence-corrected chi connectivity index (χ3v) is 7.35. The van der Waals surface area contributed by atoms with Gasteiger partial charge in [0.05, 0.1) is 35.5 Å². The van der Waals surface area contributed by atoms with Gasteiger partial charge in [0.25, 0.3) is 5.91 Å². The van der Waals surface area contributed by atoms with Crippen molar-refractivity contribution in [2.75, 3.05) is 52.7 Å². The fraction of sp³-hybridized carbons (Fsp3) is 0.571. The van der Waals surface area contributed by atoms with Gasteiger partial charge in [0.2, 0.25) is 0 Å². The summed E-state index contributed by atoms with van der Waals surface area (Å²) in [5.74, 6) is -1.83. The highest BCUT2D eigenvalue weighted by atomic mass is 35.5. The Hall–Kier alpha value is -3.55. The zero-order chi connectivity index (χ0) is 31.4. The number of aliphatic carboxylic acids is 2. The molecule has 0 bridgehead atoms. The van der Waals surface area contributed by atoms with Crippen LogP contribution in [0.1, 0.15) is 43.5 Å². The maximum Gasteiger partial charge on any atom is 0.328 e. The van der Waals surface area contributed by atoms with E-state index in [1.807, 2.05) is 18.7 Å². The number of rotatable bonds is 9. The lowest BCUT2D eigenvalue weighted by molar-refractivity contribution is -0.134. The third kappa shape index (κ3) is 11.0. The predicted octanol–water partition coefficient (Wildman–Crippen LogP) is 2.29. The highest BCUT2D eigenvalue weighted by Gasteiger charge is 2.33. The Morgan fingerprint density at radius 3 is 2.21 bits per heavy atom. The molecule has 2 saturated heterocycles. The molecule has 0 aromatic heterocycles. The molecule has 6 N–H and O–H groups in total. The fourth-order valence-electron chi connectivity index (χ4n) is 4.88. The normalized spacial score (nSPS) is 19.6. The van der Waals surface area contributed by atoms with Crippen LogP contribution >= 0.6 is 11.6 Å². The number of nitrogens with two attached hydrogens (primary N) is 1. The van der Waals surface area contributed by atoms with Gasteiger partial charge in [-0.15, -0.1) is 0 Å². The first-order valence-corrected chi connectivity index (χ1v) is 14.1. The predicted molar refractivity (Wildman–Crippen MR) is 158 cm³/mol. The highest BCUT2D eigenvalue weighted by Crippen LogP contribution is 2.29. The lowest BCUT2D eigenvalue weighted by Crippen LogP contribution is -2.56. The number of carboxylic acid groups (broad SMARTS) is 2. The van der Waals surface area contributed by atoms with Crippen LogP contribution in [0.15, 0.2) is 24.3 Å². The van der Waals surface area contributed by atoms with Crippen molar-refractivity contribution in [2.45, 2.75) is 51.3 Å². The van der Waals surface area contributed by atoms with Gasteiger partial charge in [-0.2, -0.15) is 0 Å². The summed E-state index contributed by atoms with van der Waals surface area (Å²) in [5.41, 5.74) is 6.55.